The number of hydrogen-bond donors (Lipinski definition) is 2. The number of methoxy groups -OCH3 is 1. The van der Waals surface area contributed by atoms with Gasteiger partial charge >= 0.3 is 6.03 Å². The molecule has 2 amide bonds. The van der Waals surface area contributed by atoms with Crippen LogP contribution in [0.25, 0.3) is 16.0 Å². The monoisotopic (exact) mass is 443 g/mol. The van der Waals surface area contributed by atoms with Crippen LogP contribution in [0.3, 0.4) is 0 Å². The molecule has 0 aliphatic rings. The van der Waals surface area contributed by atoms with Gasteiger partial charge in [0.2, 0.25) is 0 Å². The molecule has 0 bridgehead atoms. The Balaban J connectivity index is 1.66. The molecule has 30 heavy (non-hydrogen) atoms. The zero-order chi connectivity index (χ0) is 21.3. The minimum absolute atomic E-state index is 0.290. The first kappa shape index (κ1) is 20.2. The molecule has 4 aromatic rings. The Bertz CT molecular complexity index is 1210. The number of carbonyl (C=O) groups excluding carboxylic acids is 1. The van der Waals surface area contributed by atoms with Crippen LogP contribution in [-0.2, 0) is 4.74 Å². The van der Waals surface area contributed by atoms with Crippen LogP contribution >= 0.6 is 22.9 Å². The average Bonchev–Trinajstić information content (AvgIpc) is 3.36. The second kappa shape index (κ2) is 8.34. The third kappa shape index (κ3) is 3.97. The van der Waals surface area contributed by atoms with Crippen LogP contribution in [0.15, 0.2) is 36.8 Å². The number of amides is 2. The molecule has 0 aliphatic heterocycles. The molecule has 1 atom stereocenters. The summed E-state index contributed by atoms with van der Waals surface area (Å²) >= 11 is 7.61. The van der Waals surface area contributed by atoms with Gasteiger partial charge in [0, 0.05) is 17.7 Å². The Labute approximate surface area is 181 Å². The molecule has 2 N–H and O–H groups in total. The molecule has 9 nitrogen and oxygen atoms in total. The molecule has 0 spiro atoms. The van der Waals surface area contributed by atoms with Crippen LogP contribution in [0.2, 0.25) is 5.02 Å². The smallest absolute Gasteiger partial charge is 0.323 e. The van der Waals surface area contributed by atoms with Gasteiger partial charge in [-0.1, -0.05) is 22.9 Å². The van der Waals surface area contributed by atoms with Crippen molar-refractivity contribution in [2.45, 2.75) is 20.0 Å². The number of nitrogens with zero attached hydrogens (tertiary/aromatic N) is 5. The van der Waals surface area contributed by atoms with Crippen LogP contribution in [-0.4, -0.2) is 38.1 Å². The summed E-state index contributed by atoms with van der Waals surface area (Å²) in [6.45, 7) is 3.81. The van der Waals surface area contributed by atoms with Gasteiger partial charge in [0.05, 0.1) is 41.1 Å². The van der Waals surface area contributed by atoms with Gasteiger partial charge in [-0.2, -0.15) is 10.2 Å². The number of nitrogens with one attached hydrogen (secondary N) is 2. The third-order valence-corrected chi connectivity index (χ3v) is 5.54. The topological polar surface area (TPSA) is 107 Å². The number of ether oxygens (including phenoxy) is 1. The summed E-state index contributed by atoms with van der Waals surface area (Å²) in [5.74, 6) is 0. The van der Waals surface area contributed by atoms with E-state index in [-0.39, 0.29) is 6.10 Å². The van der Waals surface area contributed by atoms with E-state index in [0.29, 0.717) is 27.6 Å². The number of aryl methyl sites for hydroxylation is 1. The largest absolute Gasteiger partial charge is 0.377 e. The lowest BCUT2D eigenvalue weighted by Gasteiger charge is -2.17. The summed E-state index contributed by atoms with van der Waals surface area (Å²) in [5, 5.41) is 15.2. The number of rotatable bonds is 5. The lowest BCUT2D eigenvalue weighted by atomic mass is 10.1. The van der Waals surface area contributed by atoms with Crippen LogP contribution in [0.5, 0.6) is 0 Å². The van der Waals surface area contributed by atoms with E-state index in [2.05, 4.69) is 30.8 Å². The van der Waals surface area contributed by atoms with Gasteiger partial charge in [-0.15, -0.1) is 4.80 Å². The fraction of sp³-hybridized carbons (Fsp3) is 0.211. The second-order valence-corrected chi connectivity index (χ2v) is 8.03. The van der Waals surface area contributed by atoms with E-state index in [1.807, 2.05) is 13.8 Å². The van der Waals surface area contributed by atoms with E-state index in [4.69, 9.17) is 16.3 Å². The zero-order valence-electron chi connectivity index (χ0n) is 16.4. The minimum Gasteiger partial charge on any atom is -0.377 e. The van der Waals surface area contributed by atoms with E-state index >= 15 is 0 Å². The maximum absolute atomic E-state index is 12.8. The van der Waals surface area contributed by atoms with Gasteiger partial charge in [0.1, 0.15) is 16.0 Å². The van der Waals surface area contributed by atoms with Crippen LogP contribution in [0.4, 0.5) is 16.2 Å². The maximum atomic E-state index is 12.8. The molecule has 0 fully saturated rings. The summed E-state index contributed by atoms with van der Waals surface area (Å²) < 4.78 is 5.51. The Morgan fingerprint density at radius 3 is 2.70 bits per heavy atom. The molecule has 1 unspecified atom stereocenters. The highest BCUT2D eigenvalue weighted by atomic mass is 35.5. The maximum Gasteiger partial charge on any atom is 0.323 e. The van der Waals surface area contributed by atoms with E-state index in [0.717, 1.165) is 15.4 Å². The van der Waals surface area contributed by atoms with Crippen LogP contribution in [0.1, 0.15) is 23.6 Å². The Hall–Kier alpha value is -3.08. The minimum atomic E-state index is -0.469. The number of pyridine rings is 1. The predicted octanol–water partition coefficient (Wildman–Crippen LogP) is 4.59. The van der Waals surface area contributed by atoms with Gasteiger partial charge < -0.3 is 15.4 Å². The normalized spacial score (nSPS) is 12.1. The van der Waals surface area contributed by atoms with E-state index in [1.165, 1.54) is 16.1 Å². The fourth-order valence-corrected chi connectivity index (χ4v) is 3.97. The average molecular weight is 444 g/mol. The molecule has 11 heteroatoms. The van der Waals surface area contributed by atoms with Gasteiger partial charge in [-0.05, 0) is 32.0 Å². The highest BCUT2D eigenvalue weighted by Gasteiger charge is 2.20. The lowest BCUT2D eigenvalue weighted by Crippen LogP contribution is -2.22. The highest BCUT2D eigenvalue weighted by molar-refractivity contribution is 7.18. The van der Waals surface area contributed by atoms with Crippen molar-refractivity contribution in [1.29, 1.82) is 0 Å². The quantitative estimate of drug-likeness (QED) is 0.467. The van der Waals surface area contributed by atoms with Crippen molar-refractivity contribution in [1.82, 2.24) is 25.0 Å². The van der Waals surface area contributed by atoms with E-state index < -0.39 is 6.03 Å². The standard InChI is InChI=1S/C19H18ClN7O2S/c1-10(29-3)16-14(9-21-18-17(16)24-11(2)30-18)26-19(28)25-13-8-12(20)4-5-15(13)27-22-6-7-23-27/h4-10H,1-3H3,(H2,25,26,28). The molecule has 0 aliphatic carbocycles. The van der Waals surface area contributed by atoms with Gasteiger partial charge in [0.25, 0.3) is 0 Å². The summed E-state index contributed by atoms with van der Waals surface area (Å²) in [4.78, 5) is 24.0. The van der Waals surface area contributed by atoms with Gasteiger partial charge in [-0.3, -0.25) is 0 Å². The van der Waals surface area contributed by atoms with E-state index in [9.17, 15) is 4.79 Å². The highest BCUT2D eigenvalue weighted by Crippen LogP contribution is 2.34. The van der Waals surface area contributed by atoms with Crippen LogP contribution in [0, 0.1) is 6.92 Å². The molecule has 0 radical (unpaired) electrons. The summed E-state index contributed by atoms with van der Waals surface area (Å²) in [7, 11) is 1.61. The molecule has 4 rings (SSSR count). The molecule has 3 aromatic heterocycles. The number of carbonyl (C=O) groups is 1. The molecule has 1 aromatic carbocycles. The number of aromatic nitrogens is 5. The molecule has 0 saturated heterocycles. The number of hydrogen-bond acceptors (Lipinski definition) is 7. The van der Waals surface area contributed by atoms with Crippen molar-refractivity contribution in [3.63, 3.8) is 0 Å². The third-order valence-electron chi connectivity index (χ3n) is 4.42. The number of thiazole rings is 1. The fourth-order valence-electron chi connectivity index (χ4n) is 3.03. The van der Waals surface area contributed by atoms with Crippen molar-refractivity contribution in [3.05, 3.63) is 52.4 Å². The Kier molecular flexibility index (Phi) is 5.62. The predicted molar refractivity (Wildman–Crippen MR) is 117 cm³/mol. The van der Waals surface area contributed by atoms with Crippen LogP contribution < -0.4 is 10.6 Å². The summed E-state index contributed by atoms with van der Waals surface area (Å²) in [6, 6.07) is 4.58. The number of anilines is 2. The molecular weight excluding hydrogens is 426 g/mol. The first-order chi connectivity index (χ1) is 14.5. The molecule has 0 saturated carbocycles. The summed E-state index contributed by atoms with van der Waals surface area (Å²) in [5.41, 5.74) is 3.03. The summed E-state index contributed by atoms with van der Waals surface area (Å²) in [6.07, 6.45) is 4.42. The van der Waals surface area contributed by atoms with Crippen molar-refractivity contribution < 1.29 is 9.53 Å². The van der Waals surface area contributed by atoms with Gasteiger partial charge in [-0.25, -0.2) is 14.8 Å². The number of halogens is 1. The van der Waals surface area contributed by atoms with Crippen molar-refractivity contribution in [3.8, 4) is 5.69 Å². The number of fused-ring (bicyclic) bond motifs is 1. The molecular formula is C19H18ClN7O2S. The first-order valence-corrected chi connectivity index (χ1v) is 10.2. The lowest BCUT2D eigenvalue weighted by molar-refractivity contribution is 0.121. The van der Waals surface area contributed by atoms with Crippen molar-refractivity contribution in [2.24, 2.45) is 0 Å². The second-order valence-electron chi connectivity index (χ2n) is 6.41. The van der Waals surface area contributed by atoms with E-state index in [1.54, 1.807) is 43.9 Å². The van der Waals surface area contributed by atoms with Crippen molar-refractivity contribution >= 4 is 50.7 Å². The van der Waals surface area contributed by atoms with Gasteiger partial charge in [0.15, 0.2) is 0 Å². The molecule has 3 heterocycles. The van der Waals surface area contributed by atoms with Crippen molar-refractivity contribution in [2.75, 3.05) is 17.7 Å². The molecule has 154 valence electrons. The number of urea groups is 1. The zero-order valence-corrected chi connectivity index (χ0v) is 18.0. The Morgan fingerprint density at radius 2 is 1.97 bits per heavy atom. The number of benzene rings is 1. The first-order valence-electron chi connectivity index (χ1n) is 8.99. The SMILES string of the molecule is COC(C)c1c(NC(=O)Nc2cc(Cl)ccc2-n2nccn2)cnc2sc(C)nc12. The Morgan fingerprint density at radius 1 is 1.23 bits per heavy atom.